The average molecular weight is 471 g/mol. The lowest BCUT2D eigenvalue weighted by molar-refractivity contribution is -0.116. The van der Waals surface area contributed by atoms with Gasteiger partial charge in [-0.2, -0.15) is 0 Å². The lowest BCUT2D eigenvalue weighted by Gasteiger charge is -2.05. The molecule has 176 valence electrons. The Hall–Kier alpha value is -4.91. The van der Waals surface area contributed by atoms with Gasteiger partial charge in [0, 0.05) is 36.7 Å². The number of nitrogens with one attached hydrogen (secondary N) is 3. The van der Waals surface area contributed by atoms with E-state index in [0.29, 0.717) is 28.2 Å². The number of carbonyl (C=O) groups is 2. The van der Waals surface area contributed by atoms with E-state index in [4.69, 9.17) is 4.74 Å². The normalized spacial score (nSPS) is 10.5. The molecule has 3 N–H and O–H groups in total. The molecule has 1 amide bonds. The molecule has 4 aromatic rings. The number of methoxy groups -OCH3 is 1. The van der Waals surface area contributed by atoms with Gasteiger partial charge in [0.05, 0.1) is 12.7 Å². The first kappa shape index (κ1) is 23.3. The van der Waals surface area contributed by atoms with Crippen LogP contribution in [0.5, 0.6) is 0 Å². The van der Waals surface area contributed by atoms with Crippen molar-refractivity contribution in [3.05, 3.63) is 91.9 Å². The van der Waals surface area contributed by atoms with E-state index in [9.17, 15) is 19.2 Å². The Morgan fingerprint density at radius 1 is 1.06 bits per heavy atom. The largest absolute Gasteiger partial charge is 0.465 e. The number of imidazole rings is 1. The van der Waals surface area contributed by atoms with Crippen LogP contribution in [0.25, 0.3) is 11.2 Å². The number of esters is 1. The van der Waals surface area contributed by atoms with Gasteiger partial charge in [0.2, 0.25) is 5.91 Å². The predicted molar refractivity (Wildman–Crippen MR) is 129 cm³/mol. The molecule has 0 aliphatic rings. The lowest BCUT2D eigenvalue weighted by Crippen LogP contribution is -2.28. The zero-order chi connectivity index (χ0) is 24.9. The third-order valence-electron chi connectivity index (χ3n) is 5.17. The van der Waals surface area contributed by atoms with Crippen LogP contribution in [-0.4, -0.2) is 38.5 Å². The molecular weight excluding hydrogens is 450 g/mol. The molecule has 0 aliphatic carbocycles. The Morgan fingerprint density at radius 3 is 2.51 bits per heavy atom. The van der Waals surface area contributed by atoms with Gasteiger partial charge in [0.15, 0.2) is 5.65 Å². The highest BCUT2D eigenvalue weighted by Crippen LogP contribution is 2.12. The van der Waals surface area contributed by atoms with Crippen molar-refractivity contribution in [1.29, 1.82) is 0 Å². The van der Waals surface area contributed by atoms with Gasteiger partial charge >= 0.3 is 11.7 Å². The van der Waals surface area contributed by atoms with Crippen LogP contribution in [-0.2, 0) is 23.0 Å². The zero-order valence-electron chi connectivity index (χ0n) is 19.0. The van der Waals surface area contributed by atoms with Crippen LogP contribution in [0.3, 0.4) is 0 Å². The smallest absolute Gasteiger partial charge is 0.337 e. The van der Waals surface area contributed by atoms with Gasteiger partial charge < -0.3 is 15.0 Å². The molecule has 0 fully saturated rings. The third kappa shape index (κ3) is 5.36. The minimum atomic E-state index is -0.558. The fraction of sp³-hybridized carbons (Fsp3) is 0.160. The van der Waals surface area contributed by atoms with Crippen LogP contribution >= 0.6 is 0 Å². The van der Waals surface area contributed by atoms with E-state index in [1.165, 1.54) is 18.7 Å². The molecule has 0 saturated carbocycles. The summed E-state index contributed by atoms with van der Waals surface area (Å²) in [5, 5.41) is 2.82. The monoisotopic (exact) mass is 471 g/mol. The van der Waals surface area contributed by atoms with Crippen molar-refractivity contribution in [2.24, 2.45) is 7.05 Å². The standard InChI is InChI=1S/C25H21N5O5/c1-30-22-21(23(32)29-25(30)34)27-19(28-22)11-12-20(31)26-18-8-4-6-16(14-18)10-9-15-5-3-7-17(13-15)24(33)35-2/h3-8,13-14H,11-12H2,1-2H3,(H,26,31)(H,27,28)(H,29,32,34). The van der Waals surface area contributed by atoms with Crippen molar-refractivity contribution < 1.29 is 14.3 Å². The number of carbonyl (C=O) groups excluding carboxylic acids is 2. The topological polar surface area (TPSA) is 139 Å². The Labute approximate surface area is 199 Å². The van der Waals surface area contributed by atoms with Gasteiger partial charge in [0.25, 0.3) is 5.56 Å². The summed E-state index contributed by atoms with van der Waals surface area (Å²) in [6.07, 6.45) is 0.367. The van der Waals surface area contributed by atoms with Crippen molar-refractivity contribution in [1.82, 2.24) is 19.5 Å². The van der Waals surface area contributed by atoms with Crippen LogP contribution in [0.1, 0.15) is 33.7 Å². The number of nitrogens with zero attached hydrogens (tertiary/aromatic N) is 2. The molecular formula is C25H21N5O5. The zero-order valence-corrected chi connectivity index (χ0v) is 19.0. The number of aromatic nitrogens is 4. The fourth-order valence-electron chi connectivity index (χ4n) is 3.39. The summed E-state index contributed by atoms with van der Waals surface area (Å²) in [4.78, 5) is 57.1. The maximum atomic E-state index is 12.5. The molecule has 2 heterocycles. The van der Waals surface area contributed by atoms with Crippen molar-refractivity contribution in [3.8, 4) is 11.8 Å². The SMILES string of the molecule is COC(=O)c1cccc(C#Cc2cccc(NC(=O)CCc3nc4c([nH]3)c(=O)[nH]c(=O)n4C)c2)c1. The maximum absolute atomic E-state index is 12.5. The Kier molecular flexibility index (Phi) is 6.59. The van der Waals surface area contributed by atoms with E-state index in [1.807, 2.05) is 6.07 Å². The quantitative estimate of drug-likeness (QED) is 0.299. The van der Waals surface area contributed by atoms with Gasteiger partial charge in [-0.25, -0.2) is 14.6 Å². The number of aryl methyl sites for hydroxylation is 2. The van der Waals surface area contributed by atoms with Gasteiger partial charge in [0.1, 0.15) is 11.3 Å². The van der Waals surface area contributed by atoms with E-state index in [-0.39, 0.29) is 29.9 Å². The highest BCUT2D eigenvalue weighted by Gasteiger charge is 2.12. The van der Waals surface area contributed by atoms with Gasteiger partial charge in [-0.15, -0.1) is 0 Å². The van der Waals surface area contributed by atoms with Gasteiger partial charge in [-0.1, -0.05) is 24.0 Å². The molecule has 0 radical (unpaired) electrons. The summed E-state index contributed by atoms with van der Waals surface area (Å²) in [6, 6.07) is 13.9. The number of rotatable bonds is 5. The molecule has 0 spiro atoms. The molecule has 10 nitrogen and oxygen atoms in total. The second-order valence-electron chi connectivity index (χ2n) is 7.65. The molecule has 2 aromatic heterocycles. The Morgan fingerprint density at radius 2 is 1.77 bits per heavy atom. The van der Waals surface area contributed by atoms with Crippen LogP contribution in [0.15, 0.2) is 58.1 Å². The van der Waals surface area contributed by atoms with Crippen molar-refractivity contribution in [2.75, 3.05) is 12.4 Å². The molecule has 0 atom stereocenters. The molecule has 0 bridgehead atoms. The number of aromatic amines is 2. The van der Waals surface area contributed by atoms with E-state index >= 15 is 0 Å². The summed E-state index contributed by atoms with van der Waals surface area (Å²) in [5.74, 6) is 5.76. The molecule has 0 unspecified atom stereocenters. The summed E-state index contributed by atoms with van der Waals surface area (Å²) >= 11 is 0. The van der Waals surface area contributed by atoms with Crippen LogP contribution < -0.4 is 16.6 Å². The summed E-state index contributed by atoms with van der Waals surface area (Å²) in [6.45, 7) is 0. The molecule has 10 heteroatoms. The number of fused-ring (bicyclic) bond motifs is 1. The molecule has 0 aliphatic heterocycles. The number of amides is 1. The summed E-state index contributed by atoms with van der Waals surface area (Å²) in [5.41, 5.74) is 1.64. The third-order valence-corrected chi connectivity index (χ3v) is 5.17. The Bertz CT molecular complexity index is 1620. The van der Waals surface area contributed by atoms with Crippen molar-refractivity contribution >= 4 is 28.7 Å². The minimum Gasteiger partial charge on any atom is -0.465 e. The van der Waals surface area contributed by atoms with Crippen LogP contribution in [0.2, 0.25) is 0 Å². The van der Waals surface area contributed by atoms with Crippen LogP contribution in [0, 0.1) is 11.8 Å². The van der Waals surface area contributed by atoms with E-state index in [1.54, 1.807) is 42.5 Å². The van der Waals surface area contributed by atoms with E-state index in [2.05, 4.69) is 32.1 Å². The summed E-state index contributed by atoms with van der Waals surface area (Å²) in [7, 11) is 2.82. The maximum Gasteiger partial charge on any atom is 0.337 e. The molecule has 0 saturated heterocycles. The average Bonchev–Trinajstić information content (AvgIpc) is 3.30. The second kappa shape index (κ2) is 9.93. The number of H-pyrrole nitrogens is 2. The lowest BCUT2D eigenvalue weighted by atomic mass is 10.1. The molecule has 4 rings (SSSR count). The number of anilines is 1. The highest BCUT2D eigenvalue weighted by atomic mass is 16.5. The van der Waals surface area contributed by atoms with E-state index < -0.39 is 17.2 Å². The molecule has 35 heavy (non-hydrogen) atoms. The van der Waals surface area contributed by atoms with Crippen molar-refractivity contribution in [3.63, 3.8) is 0 Å². The predicted octanol–water partition coefficient (Wildman–Crippen LogP) is 1.71. The van der Waals surface area contributed by atoms with E-state index in [0.717, 1.165) is 0 Å². The number of hydrogen-bond acceptors (Lipinski definition) is 6. The van der Waals surface area contributed by atoms with Crippen LogP contribution in [0.4, 0.5) is 5.69 Å². The number of hydrogen-bond donors (Lipinski definition) is 3. The fourth-order valence-corrected chi connectivity index (χ4v) is 3.39. The minimum absolute atomic E-state index is 0.113. The summed E-state index contributed by atoms with van der Waals surface area (Å²) < 4.78 is 5.95. The van der Waals surface area contributed by atoms with Gasteiger partial charge in [-0.05, 0) is 36.4 Å². The van der Waals surface area contributed by atoms with Crippen molar-refractivity contribution in [2.45, 2.75) is 12.8 Å². The first-order valence-electron chi connectivity index (χ1n) is 10.6. The van der Waals surface area contributed by atoms with Gasteiger partial charge in [-0.3, -0.25) is 19.1 Å². The number of ether oxygens (including phenoxy) is 1. The number of benzene rings is 2. The first-order chi connectivity index (χ1) is 16.8. The first-order valence-corrected chi connectivity index (χ1v) is 10.6. The second-order valence-corrected chi connectivity index (χ2v) is 7.65. The highest BCUT2D eigenvalue weighted by molar-refractivity contribution is 5.91. The Balaban J connectivity index is 1.41. The molecule has 2 aromatic carbocycles.